The van der Waals surface area contributed by atoms with E-state index in [0.717, 1.165) is 12.3 Å². The second-order valence-corrected chi connectivity index (χ2v) is 4.25. The lowest BCUT2D eigenvalue weighted by molar-refractivity contribution is -0.384. The fourth-order valence-corrected chi connectivity index (χ4v) is 1.84. The van der Waals surface area contributed by atoms with Crippen LogP contribution in [0.15, 0.2) is 24.4 Å². The second-order valence-electron chi connectivity index (χ2n) is 3.84. The van der Waals surface area contributed by atoms with Crippen molar-refractivity contribution >= 4 is 23.2 Å². The highest BCUT2D eigenvalue weighted by molar-refractivity contribution is 6.33. The Morgan fingerprint density at radius 1 is 1.50 bits per heavy atom. The standard InChI is InChI=1S/C12H10ClFN4O2/c1-2-15-12-16-6-10(18(19)20)11(17-12)8-5-7(14)3-4-9(8)13/h3-6H,2H2,1H3,(H,15,16,17). The van der Waals surface area contributed by atoms with Crippen molar-refractivity contribution in [2.45, 2.75) is 6.92 Å². The van der Waals surface area contributed by atoms with Crippen LogP contribution in [0, 0.1) is 15.9 Å². The van der Waals surface area contributed by atoms with Gasteiger partial charge in [0.05, 0.1) is 9.95 Å². The number of hydrogen-bond acceptors (Lipinski definition) is 5. The van der Waals surface area contributed by atoms with Crippen LogP contribution in [0.25, 0.3) is 11.3 Å². The summed E-state index contributed by atoms with van der Waals surface area (Å²) in [4.78, 5) is 18.3. The molecule has 1 N–H and O–H groups in total. The molecule has 1 aromatic heterocycles. The molecule has 20 heavy (non-hydrogen) atoms. The van der Waals surface area contributed by atoms with Crippen molar-refractivity contribution in [1.82, 2.24) is 9.97 Å². The summed E-state index contributed by atoms with van der Waals surface area (Å²) in [5.74, 6) is -0.337. The van der Waals surface area contributed by atoms with Gasteiger partial charge in [-0.25, -0.2) is 14.4 Å². The zero-order valence-corrected chi connectivity index (χ0v) is 11.2. The van der Waals surface area contributed by atoms with Gasteiger partial charge in [0.25, 0.3) is 0 Å². The third kappa shape index (κ3) is 2.83. The Bertz CT molecular complexity index is 666. The zero-order valence-electron chi connectivity index (χ0n) is 10.4. The van der Waals surface area contributed by atoms with E-state index in [2.05, 4.69) is 15.3 Å². The maximum atomic E-state index is 13.3. The van der Waals surface area contributed by atoms with E-state index in [9.17, 15) is 14.5 Å². The molecule has 0 amide bonds. The Morgan fingerprint density at radius 2 is 2.25 bits per heavy atom. The van der Waals surface area contributed by atoms with Gasteiger partial charge in [0.1, 0.15) is 12.0 Å². The summed E-state index contributed by atoms with van der Waals surface area (Å²) >= 11 is 5.97. The quantitative estimate of drug-likeness (QED) is 0.691. The topological polar surface area (TPSA) is 81.0 Å². The number of nitrogens with one attached hydrogen (secondary N) is 1. The van der Waals surface area contributed by atoms with E-state index in [4.69, 9.17) is 11.6 Å². The highest BCUT2D eigenvalue weighted by Crippen LogP contribution is 2.33. The summed E-state index contributed by atoms with van der Waals surface area (Å²) in [6.45, 7) is 2.38. The minimum Gasteiger partial charge on any atom is -0.354 e. The molecule has 0 aliphatic rings. The fourth-order valence-electron chi connectivity index (χ4n) is 1.63. The van der Waals surface area contributed by atoms with E-state index in [1.165, 1.54) is 12.1 Å². The van der Waals surface area contributed by atoms with Crippen LogP contribution in [0.5, 0.6) is 0 Å². The molecule has 0 unspecified atom stereocenters. The minimum atomic E-state index is -0.633. The summed E-state index contributed by atoms with van der Waals surface area (Å²) in [6, 6.07) is 3.60. The SMILES string of the molecule is CCNc1ncc([N+](=O)[O-])c(-c2cc(F)ccc2Cl)n1. The largest absolute Gasteiger partial charge is 0.354 e. The lowest BCUT2D eigenvalue weighted by Crippen LogP contribution is -2.05. The molecular formula is C12H10ClFN4O2. The first-order valence-electron chi connectivity index (χ1n) is 5.73. The fraction of sp³-hybridized carbons (Fsp3) is 0.167. The number of nitro groups is 1. The van der Waals surface area contributed by atoms with Gasteiger partial charge in [-0.1, -0.05) is 11.6 Å². The molecule has 2 rings (SSSR count). The third-order valence-corrected chi connectivity index (χ3v) is 2.81. The normalized spacial score (nSPS) is 10.3. The molecule has 0 saturated carbocycles. The molecule has 1 heterocycles. The second kappa shape index (κ2) is 5.79. The Morgan fingerprint density at radius 3 is 2.90 bits per heavy atom. The van der Waals surface area contributed by atoms with Crippen molar-refractivity contribution in [3.8, 4) is 11.3 Å². The van der Waals surface area contributed by atoms with Gasteiger partial charge in [-0.2, -0.15) is 0 Å². The van der Waals surface area contributed by atoms with Gasteiger partial charge in [0.2, 0.25) is 5.95 Å². The van der Waals surface area contributed by atoms with E-state index in [1.807, 2.05) is 6.92 Å². The molecule has 0 spiro atoms. The lowest BCUT2D eigenvalue weighted by Gasteiger charge is -2.07. The summed E-state index contributed by atoms with van der Waals surface area (Å²) < 4.78 is 13.3. The molecule has 0 aliphatic heterocycles. The van der Waals surface area contributed by atoms with Gasteiger partial charge in [-0.15, -0.1) is 0 Å². The van der Waals surface area contributed by atoms with Gasteiger partial charge in [-0.05, 0) is 25.1 Å². The Labute approximate surface area is 118 Å². The lowest BCUT2D eigenvalue weighted by atomic mass is 10.1. The van der Waals surface area contributed by atoms with Crippen LogP contribution in [-0.2, 0) is 0 Å². The molecule has 2 aromatic rings. The summed E-state index contributed by atoms with van der Waals surface area (Å²) in [7, 11) is 0. The zero-order chi connectivity index (χ0) is 14.7. The molecule has 0 atom stereocenters. The molecule has 6 nitrogen and oxygen atoms in total. The summed E-state index contributed by atoms with van der Waals surface area (Å²) in [5.41, 5.74) is -0.204. The van der Waals surface area contributed by atoms with Gasteiger partial charge >= 0.3 is 5.69 Å². The van der Waals surface area contributed by atoms with Crippen LogP contribution in [0.1, 0.15) is 6.92 Å². The molecule has 104 valence electrons. The van der Waals surface area contributed by atoms with Crippen LogP contribution in [0.4, 0.5) is 16.0 Å². The van der Waals surface area contributed by atoms with Crippen molar-refractivity contribution in [2.24, 2.45) is 0 Å². The maximum Gasteiger partial charge on any atom is 0.313 e. The molecule has 1 aromatic carbocycles. The number of nitrogens with zero attached hydrogens (tertiary/aromatic N) is 3. The van der Waals surface area contributed by atoms with E-state index in [0.29, 0.717) is 6.54 Å². The number of aromatic nitrogens is 2. The highest BCUT2D eigenvalue weighted by atomic mass is 35.5. The van der Waals surface area contributed by atoms with E-state index in [1.54, 1.807) is 0 Å². The van der Waals surface area contributed by atoms with Crippen LogP contribution < -0.4 is 5.32 Å². The average molecular weight is 297 g/mol. The molecule has 0 saturated heterocycles. The van der Waals surface area contributed by atoms with Crippen LogP contribution >= 0.6 is 11.6 Å². The Hall–Kier alpha value is -2.28. The summed E-state index contributed by atoms with van der Waals surface area (Å²) in [6.07, 6.45) is 1.07. The van der Waals surface area contributed by atoms with Crippen molar-refractivity contribution < 1.29 is 9.31 Å². The predicted molar refractivity (Wildman–Crippen MR) is 73.3 cm³/mol. The molecular weight excluding hydrogens is 287 g/mol. The molecule has 0 radical (unpaired) electrons. The predicted octanol–water partition coefficient (Wildman–Crippen LogP) is 3.28. The summed E-state index contributed by atoms with van der Waals surface area (Å²) in [5, 5.41) is 14.0. The third-order valence-electron chi connectivity index (χ3n) is 2.48. The van der Waals surface area contributed by atoms with Crippen LogP contribution in [0.2, 0.25) is 5.02 Å². The van der Waals surface area contributed by atoms with Crippen LogP contribution in [0.3, 0.4) is 0 Å². The number of anilines is 1. The Balaban J connectivity index is 2.65. The van der Waals surface area contributed by atoms with Gasteiger partial charge in [0.15, 0.2) is 5.69 Å². The van der Waals surface area contributed by atoms with Gasteiger partial charge in [0, 0.05) is 12.1 Å². The average Bonchev–Trinajstić information content (AvgIpc) is 2.41. The minimum absolute atomic E-state index is 0.0227. The van der Waals surface area contributed by atoms with Crippen molar-refractivity contribution in [1.29, 1.82) is 0 Å². The number of hydrogen-bond donors (Lipinski definition) is 1. The molecule has 0 fully saturated rings. The highest BCUT2D eigenvalue weighted by Gasteiger charge is 2.21. The van der Waals surface area contributed by atoms with Crippen molar-refractivity contribution in [2.75, 3.05) is 11.9 Å². The first kappa shape index (κ1) is 14.1. The monoisotopic (exact) mass is 296 g/mol. The van der Waals surface area contributed by atoms with E-state index < -0.39 is 10.7 Å². The van der Waals surface area contributed by atoms with Gasteiger partial charge in [-0.3, -0.25) is 10.1 Å². The molecule has 0 bridgehead atoms. The number of rotatable bonds is 4. The van der Waals surface area contributed by atoms with Gasteiger partial charge < -0.3 is 5.32 Å². The maximum absolute atomic E-state index is 13.3. The molecule has 0 aliphatic carbocycles. The van der Waals surface area contributed by atoms with Crippen LogP contribution in [-0.4, -0.2) is 21.4 Å². The van der Waals surface area contributed by atoms with E-state index in [-0.39, 0.29) is 27.9 Å². The Kier molecular flexibility index (Phi) is 4.09. The number of benzene rings is 1. The molecule has 8 heteroatoms. The first-order chi connectivity index (χ1) is 9.52. The van der Waals surface area contributed by atoms with Crippen molar-refractivity contribution in [3.05, 3.63) is 45.4 Å². The number of halogens is 2. The smallest absolute Gasteiger partial charge is 0.313 e. The van der Waals surface area contributed by atoms with Crippen molar-refractivity contribution in [3.63, 3.8) is 0 Å². The first-order valence-corrected chi connectivity index (χ1v) is 6.11. The van der Waals surface area contributed by atoms with E-state index >= 15 is 0 Å².